The summed E-state index contributed by atoms with van der Waals surface area (Å²) in [6, 6.07) is 9.77. The van der Waals surface area contributed by atoms with Gasteiger partial charge in [-0.25, -0.2) is 8.42 Å². The van der Waals surface area contributed by atoms with Gasteiger partial charge in [0.15, 0.2) is 11.5 Å². The lowest BCUT2D eigenvalue weighted by Gasteiger charge is -2.26. The SMILES string of the molecule is COc1ccc([C@H](Cc2c(Cl)cncc2Cl)OC(=O)[C@@H]2CCCN2S(=O)(=O)c2cccc(C(=O)N(C)C)c2)cc1OC. The maximum Gasteiger partial charge on any atom is 0.325 e. The number of sulfonamides is 1. The van der Waals surface area contributed by atoms with Crippen LogP contribution >= 0.6 is 23.2 Å². The lowest BCUT2D eigenvalue weighted by atomic mass is 10.0. The molecular formula is C29H31Cl2N3O7S. The van der Waals surface area contributed by atoms with Gasteiger partial charge in [-0.3, -0.25) is 14.6 Å². The Balaban J connectivity index is 1.66. The number of hydrogen-bond donors (Lipinski definition) is 0. The van der Waals surface area contributed by atoms with Crippen molar-refractivity contribution in [3.8, 4) is 11.5 Å². The van der Waals surface area contributed by atoms with Gasteiger partial charge in [0.2, 0.25) is 10.0 Å². The molecule has 0 unspecified atom stereocenters. The molecule has 13 heteroatoms. The Morgan fingerprint density at radius 2 is 1.74 bits per heavy atom. The van der Waals surface area contributed by atoms with Crippen molar-refractivity contribution in [2.75, 3.05) is 34.9 Å². The topological polar surface area (TPSA) is 115 Å². The first-order chi connectivity index (χ1) is 20.0. The maximum absolute atomic E-state index is 13.7. The van der Waals surface area contributed by atoms with E-state index in [1.54, 1.807) is 38.4 Å². The third-order valence-corrected chi connectivity index (χ3v) is 9.50. The number of carbonyl (C=O) groups is 2. The lowest BCUT2D eigenvalue weighted by molar-refractivity contribution is -0.153. The number of esters is 1. The molecule has 0 spiro atoms. The maximum atomic E-state index is 13.7. The summed E-state index contributed by atoms with van der Waals surface area (Å²) in [5, 5.41) is 0.586. The first-order valence-electron chi connectivity index (χ1n) is 13.0. The molecule has 0 saturated carbocycles. The van der Waals surface area contributed by atoms with Crippen molar-refractivity contribution in [1.82, 2.24) is 14.2 Å². The van der Waals surface area contributed by atoms with Crippen LogP contribution in [0.15, 0.2) is 59.8 Å². The first-order valence-corrected chi connectivity index (χ1v) is 15.2. The fourth-order valence-corrected chi connectivity index (χ4v) is 6.98. The lowest BCUT2D eigenvalue weighted by Crippen LogP contribution is -2.42. The van der Waals surface area contributed by atoms with Crippen LogP contribution in [0.4, 0.5) is 0 Å². The number of rotatable bonds is 10. The van der Waals surface area contributed by atoms with Crippen LogP contribution in [0.3, 0.4) is 0 Å². The van der Waals surface area contributed by atoms with Crippen LogP contribution in [0.1, 0.15) is 40.4 Å². The normalized spacial score (nSPS) is 16.1. The molecule has 3 aromatic rings. The molecule has 0 bridgehead atoms. The third-order valence-electron chi connectivity index (χ3n) is 6.95. The molecule has 1 aliphatic rings. The van der Waals surface area contributed by atoms with Crippen LogP contribution in [-0.2, 0) is 26.0 Å². The van der Waals surface area contributed by atoms with Crippen LogP contribution in [0.25, 0.3) is 0 Å². The van der Waals surface area contributed by atoms with E-state index in [0.717, 1.165) is 4.31 Å². The number of nitrogens with zero attached hydrogens (tertiary/aromatic N) is 3. The highest BCUT2D eigenvalue weighted by atomic mass is 35.5. The molecule has 2 atom stereocenters. The van der Waals surface area contributed by atoms with Gasteiger partial charge in [0, 0.05) is 45.0 Å². The van der Waals surface area contributed by atoms with E-state index in [2.05, 4.69) is 4.98 Å². The number of ether oxygens (including phenoxy) is 3. The standard InChI is InChI=1S/C29H31Cl2N3O7S/c1-33(2)28(35)19-7-5-8-20(13-19)42(37,38)34-12-6-9-24(34)29(36)41-26(15-21-22(30)16-32-17-23(21)31)18-10-11-25(39-3)27(14-18)40-4/h5,7-8,10-11,13-14,16-17,24,26H,6,9,12,15H2,1-4H3/t24-,26-/m0/s1. The zero-order chi connectivity index (χ0) is 30.6. The molecular weight excluding hydrogens is 605 g/mol. The van der Waals surface area contributed by atoms with E-state index in [0.29, 0.717) is 39.1 Å². The second-order valence-electron chi connectivity index (χ2n) is 9.83. The van der Waals surface area contributed by atoms with Gasteiger partial charge in [-0.2, -0.15) is 4.31 Å². The summed E-state index contributed by atoms with van der Waals surface area (Å²) in [4.78, 5) is 31.4. The van der Waals surface area contributed by atoms with E-state index in [9.17, 15) is 18.0 Å². The van der Waals surface area contributed by atoms with E-state index < -0.39 is 28.1 Å². The zero-order valence-corrected chi connectivity index (χ0v) is 25.9. The number of hydrogen-bond acceptors (Lipinski definition) is 8. The predicted octanol–water partition coefficient (Wildman–Crippen LogP) is 4.79. The average Bonchev–Trinajstić information content (AvgIpc) is 3.49. The Bertz CT molecular complexity index is 1560. The largest absolute Gasteiger partial charge is 0.493 e. The van der Waals surface area contributed by atoms with Crippen LogP contribution in [0.2, 0.25) is 10.0 Å². The Hall–Kier alpha value is -3.38. The van der Waals surface area contributed by atoms with Crippen LogP contribution < -0.4 is 9.47 Å². The van der Waals surface area contributed by atoms with Crippen molar-refractivity contribution >= 4 is 45.1 Å². The van der Waals surface area contributed by atoms with Crippen LogP contribution in [0, 0.1) is 0 Å². The Kier molecular flexibility index (Phi) is 9.98. The second kappa shape index (κ2) is 13.3. The second-order valence-corrected chi connectivity index (χ2v) is 12.5. The Morgan fingerprint density at radius 1 is 1.05 bits per heavy atom. The van der Waals surface area contributed by atoms with Crippen molar-refractivity contribution in [3.05, 3.63) is 81.6 Å². The summed E-state index contributed by atoms with van der Waals surface area (Å²) in [6.45, 7) is 0.122. The van der Waals surface area contributed by atoms with Crippen molar-refractivity contribution in [3.63, 3.8) is 0 Å². The Labute approximate surface area is 255 Å². The van der Waals surface area contributed by atoms with E-state index >= 15 is 0 Å². The van der Waals surface area contributed by atoms with E-state index in [4.69, 9.17) is 37.4 Å². The number of pyridine rings is 1. The third kappa shape index (κ3) is 6.64. The number of methoxy groups -OCH3 is 2. The predicted molar refractivity (Wildman–Crippen MR) is 158 cm³/mol. The average molecular weight is 637 g/mol. The molecule has 0 radical (unpaired) electrons. The number of aromatic nitrogens is 1. The highest BCUT2D eigenvalue weighted by Crippen LogP contribution is 2.36. The molecule has 2 aromatic carbocycles. The molecule has 1 fully saturated rings. The molecule has 1 aliphatic heterocycles. The molecule has 1 aromatic heterocycles. The van der Waals surface area contributed by atoms with Gasteiger partial charge < -0.3 is 19.1 Å². The number of halogens is 2. The Morgan fingerprint density at radius 3 is 2.38 bits per heavy atom. The highest BCUT2D eigenvalue weighted by Gasteiger charge is 2.41. The van der Waals surface area contributed by atoms with Gasteiger partial charge >= 0.3 is 5.97 Å². The minimum atomic E-state index is -4.13. The molecule has 224 valence electrons. The van der Waals surface area contributed by atoms with E-state index in [-0.39, 0.29) is 35.8 Å². The van der Waals surface area contributed by atoms with Crippen molar-refractivity contribution in [2.45, 2.75) is 36.3 Å². The molecule has 1 saturated heterocycles. The minimum absolute atomic E-state index is 0.0818. The minimum Gasteiger partial charge on any atom is -0.493 e. The quantitative estimate of drug-likeness (QED) is 0.292. The summed E-state index contributed by atoms with van der Waals surface area (Å²) < 4.78 is 45.3. The van der Waals surface area contributed by atoms with Gasteiger partial charge in [-0.1, -0.05) is 35.3 Å². The molecule has 10 nitrogen and oxygen atoms in total. The van der Waals surface area contributed by atoms with E-state index in [1.807, 2.05) is 0 Å². The first kappa shape index (κ1) is 31.6. The smallest absolute Gasteiger partial charge is 0.325 e. The molecule has 1 amide bonds. The van der Waals surface area contributed by atoms with Gasteiger partial charge in [-0.05, 0) is 54.3 Å². The fraction of sp³-hybridized carbons (Fsp3) is 0.345. The van der Waals surface area contributed by atoms with Crippen molar-refractivity contribution in [1.29, 1.82) is 0 Å². The van der Waals surface area contributed by atoms with Crippen molar-refractivity contribution < 1.29 is 32.2 Å². The van der Waals surface area contributed by atoms with Gasteiger partial charge in [0.1, 0.15) is 12.1 Å². The summed E-state index contributed by atoms with van der Waals surface area (Å²) in [5.74, 6) is -0.164. The van der Waals surface area contributed by atoms with Crippen LogP contribution in [-0.4, -0.2) is 75.4 Å². The summed E-state index contributed by atoms with van der Waals surface area (Å²) in [7, 11) is 2.02. The summed E-state index contributed by atoms with van der Waals surface area (Å²) >= 11 is 12.8. The highest BCUT2D eigenvalue weighted by molar-refractivity contribution is 7.89. The molecule has 4 rings (SSSR count). The molecule has 2 heterocycles. The molecule has 0 N–H and O–H groups in total. The summed E-state index contributed by atoms with van der Waals surface area (Å²) in [6.07, 6.45) is 2.80. The van der Waals surface area contributed by atoms with Gasteiger partial charge in [0.25, 0.3) is 5.91 Å². The molecule has 0 aliphatic carbocycles. The van der Waals surface area contributed by atoms with E-state index in [1.165, 1.54) is 49.7 Å². The fourth-order valence-electron chi connectivity index (χ4n) is 4.76. The molecule has 42 heavy (non-hydrogen) atoms. The zero-order valence-electron chi connectivity index (χ0n) is 23.5. The van der Waals surface area contributed by atoms with Crippen LogP contribution in [0.5, 0.6) is 11.5 Å². The number of carbonyl (C=O) groups excluding carboxylic acids is 2. The van der Waals surface area contributed by atoms with Gasteiger partial charge in [-0.15, -0.1) is 0 Å². The number of amides is 1. The van der Waals surface area contributed by atoms with Crippen molar-refractivity contribution in [2.24, 2.45) is 0 Å². The monoisotopic (exact) mass is 635 g/mol. The number of benzene rings is 2. The van der Waals surface area contributed by atoms with Gasteiger partial charge in [0.05, 0.1) is 29.2 Å². The summed E-state index contributed by atoms with van der Waals surface area (Å²) in [5.41, 5.74) is 1.30.